The summed E-state index contributed by atoms with van der Waals surface area (Å²) in [5, 5.41) is 4.29. The number of thioether (sulfide) groups is 1. The first kappa shape index (κ1) is 13.0. The van der Waals surface area contributed by atoms with E-state index in [9.17, 15) is 8.42 Å². The Morgan fingerprint density at radius 2 is 2.16 bits per heavy atom. The van der Waals surface area contributed by atoms with Crippen LogP contribution in [0.15, 0.2) is 29.3 Å². The van der Waals surface area contributed by atoms with E-state index in [1.165, 1.54) is 5.56 Å². The van der Waals surface area contributed by atoms with Crippen LogP contribution < -0.4 is 5.32 Å². The van der Waals surface area contributed by atoms with Crippen molar-refractivity contribution in [2.45, 2.75) is 24.6 Å². The third-order valence-corrected chi connectivity index (χ3v) is 6.60. The summed E-state index contributed by atoms with van der Waals surface area (Å²) in [5.41, 5.74) is 2.31. The summed E-state index contributed by atoms with van der Waals surface area (Å²) < 4.78 is 23.0. The fourth-order valence-electron chi connectivity index (χ4n) is 2.48. The number of aryl methyl sites for hydroxylation is 1. The van der Waals surface area contributed by atoms with Crippen molar-refractivity contribution >= 4 is 32.5 Å². The van der Waals surface area contributed by atoms with Gasteiger partial charge < -0.3 is 5.32 Å². The van der Waals surface area contributed by atoms with Crippen LogP contribution in [0.25, 0.3) is 0 Å². The third-order valence-electron chi connectivity index (χ3n) is 3.46. The first-order chi connectivity index (χ1) is 9.07. The van der Waals surface area contributed by atoms with Crippen molar-refractivity contribution in [2.75, 3.05) is 16.8 Å². The van der Waals surface area contributed by atoms with E-state index in [2.05, 4.69) is 23.3 Å². The molecule has 0 radical (unpaired) electrons. The van der Waals surface area contributed by atoms with Crippen molar-refractivity contribution in [1.29, 1.82) is 0 Å². The summed E-state index contributed by atoms with van der Waals surface area (Å²) in [6.45, 7) is 2.12. The quantitative estimate of drug-likeness (QED) is 0.906. The van der Waals surface area contributed by atoms with E-state index in [4.69, 9.17) is 0 Å². The predicted octanol–water partition coefficient (Wildman–Crippen LogP) is 1.93. The van der Waals surface area contributed by atoms with Crippen molar-refractivity contribution in [3.63, 3.8) is 0 Å². The monoisotopic (exact) mass is 296 g/mol. The highest BCUT2D eigenvalue weighted by Gasteiger charge is 2.42. The van der Waals surface area contributed by atoms with Gasteiger partial charge in [0, 0.05) is 10.9 Å². The SMILES string of the molecule is CCc1ccccc1NC1=NC2CS(=O)(=O)CC2S1. The first-order valence-corrected chi connectivity index (χ1v) is 9.07. The third kappa shape index (κ3) is 2.65. The molecule has 6 heteroatoms. The highest BCUT2D eigenvalue weighted by Crippen LogP contribution is 2.34. The molecule has 3 rings (SSSR count). The smallest absolute Gasteiger partial charge is 0.161 e. The molecule has 0 aromatic heterocycles. The molecule has 102 valence electrons. The average Bonchev–Trinajstić information content (AvgIpc) is 2.82. The molecule has 0 amide bonds. The van der Waals surface area contributed by atoms with Crippen LogP contribution in [0.2, 0.25) is 0 Å². The van der Waals surface area contributed by atoms with Gasteiger partial charge in [0.25, 0.3) is 0 Å². The fraction of sp³-hybridized carbons (Fsp3) is 0.462. The van der Waals surface area contributed by atoms with E-state index in [-0.39, 0.29) is 22.8 Å². The minimum absolute atomic E-state index is 0.0636. The van der Waals surface area contributed by atoms with Crippen molar-refractivity contribution in [1.82, 2.24) is 0 Å². The minimum atomic E-state index is -2.87. The molecule has 1 fully saturated rings. The molecular weight excluding hydrogens is 280 g/mol. The number of fused-ring (bicyclic) bond motifs is 1. The van der Waals surface area contributed by atoms with Crippen LogP contribution in [-0.4, -0.2) is 36.4 Å². The number of amidine groups is 1. The van der Waals surface area contributed by atoms with Crippen LogP contribution in [0.4, 0.5) is 5.69 Å². The van der Waals surface area contributed by atoms with E-state index in [1.807, 2.05) is 18.2 Å². The van der Waals surface area contributed by atoms with Gasteiger partial charge in [-0.2, -0.15) is 0 Å². The molecule has 0 aliphatic carbocycles. The minimum Gasteiger partial charge on any atom is -0.335 e. The molecule has 19 heavy (non-hydrogen) atoms. The number of anilines is 1. The number of benzene rings is 1. The Morgan fingerprint density at radius 1 is 1.37 bits per heavy atom. The van der Waals surface area contributed by atoms with Gasteiger partial charge in [0.15, 0.2) is 15.0 Å². The molecule has 2 aliphatic rings. The van der Waals surface area contributed by atoms with Gasteiger partial charge in [0.2, 0.25) is 0 Å². The Kier molecular flexibility index (Phi) is 3.30. The van der Waals surface area contributed by atoms with Crippen LogP contribution in [0.5, 0.6) is 0 Å². The number of para-hydroxylation sites is 1. The molecule has 2 atom stereocenters. The number of rotatable bonds is 2. The van der Waals surface area contributed by atoms with Gasteiger partial charge >= 0.3 is 0 Å². The molecule has 2 unspecified atom stereocenters. The van der Waals surface area contributed by atoms with Crippen molar-refractivity contribution in [3.8, 4) is 0 Å². The van der Waals surface area contributed by atoms with Gasteiger partial charge in [-0.25, -0.2) is 8.42 Å². The second-order valence-electron chi connectivity index (χ2n) is 4.87. The molecule has 0 saturated carbocycles. The highest BCUT2D eigenvalue weighted by molar-refractivity contribution is 8.15. The molecule has 2 heterocycles. The number of nitrogens with zero attached hydrogens (tertiary/aromatic N) is 1. The normalized spacial score (nSPS) is 27.9. The zero-order chi connectivity index (χ0) is 13.5. The van der Waals surface area contributed by atoms with Gasteiger partial charge in [-0.05, 0) is 18.1 Å². The Labute approximate surface area is 117 Å². The van der Waals surface area contributed by atoms with Crippen LogP contribution in [0.3, 0.4) is 0 Å². The van der Waals surface area contributed by atoms with Crippen LogP contribution in [0, 0.1) is 0 Å². The maximum atomic E-state index is 11.5. The maximum Gasteiger partial charge on any atom is 0.161 e. The van der Waals surface area contributed by atoms with Crippen molar-refractivity contribution < 1.29 is 8.42 Å². The first-order valence-electron chi connectivity index (χ1n) is 6.37. The van der Waals surface area contributed by atoms with E-state index in [0.29, 0.717) is 0 Å². The number of hydrogen-bond donors (Lipinski definition) is 1. The van der Waals surface area contributed by atoms with Gasteiger partial charge in [-0.15, -0.1) is 0 Å². The van der Waals surface area contributed by atoms with E-state index in [0.717, 1.165) is 17.3 Å². The molecular formula is C13H16N2O2S2. The van der Waals surface area contributed by atoms with E-state index < -0.39 is 9.84 Å². The van der Waals surface area contributed by atoms with Gasteiger partial charge in [0.05, 0.1) is 17.5 Å². The lowest BCUT2D eigenvalue weighted by Gasteiger charge is -2.10. The van der Waals surface area contributed by atoms with E-state index >= 15 is 0 Å². The van der Waals surface area contributed by atoms with Crippen LogP contribution in [0.1, 0.15) is 12.5 Å². The van der Waals surface area contributed by atoms with Crippen LogP contribution in [-0.2, 0) is 16.3 Å². The fourth-order valence-corrected chi connectivity index (χ4v) is 6.15. The maximum absolute atomic E-state index is 11.5. The van der Waals surface area contributed by atoms with E-state index in [1.54, 1.807) is 11.8 Å². The molecule has 2 aliphatic heterocycles. The highest BCUT2D eigenvalue weighted by atomic mass is 32.2. The molecule has 0 bridgehead atoms. The summed E-state index contributed by atoms with van der Waals surface area (Å²) in [5.74, 6) is 0.456. The summed E-state index contributed by atoms with van der Waals surface area (Å²) in [6, 6.07) is 8.08. The standard InChI is InChI=1S/C13H16N2O2S2/c1-2-9-5-3-4-6-10(9)14-13-15-11-7-19(16,17)8-12(11)18-13/h3-6,11-12H,2,7-8H2,1H3,(H,14,15). The molecule has 0 spiro atoms. The second kappa shape index (κ2) is 4.83. The summed E-state index contributed by atoms with van der Waals surface area (Å²) in [7, 11) is -2.87. The molecule has 1 aromatic rings. The lowest BCUT2D eigenvalue weighted by molar-refractivity contribution is 0.601. The van der Waals surface area contributed by atoms with Gasteiger partial charge in [-0.1, -0.05) is 36.9 Å². The van der Waals surface area contributed by atoms with Crippen molar-refractivity contribution in [3.05, 3.63) is 29.8 Å². The average molecular weight is 296 g/mol. The van der Waals surface area contributed by atoms with Gasteiger partial charge in [-0.3, -0.25) is 4.99 Å². The Bertz CT molecular complexity index is 625. The lowest BCUT2D eigenvalue weighted by atomic mass is 10.1. The largest absolute Gasteiger partial charge is 0.335 e. The number of hydrogen-bond acceptors (Lipinski definition) is 5. The molecule has 1 saturated heterocycles. The van der Waals surface area contributed by atoms with Crippen molar-refractivity contribution in [2.24, 2.45) is 4.99 Å². The second-order valence-corrected chi connectivity index (χ2v) is 8.25. The summed E-state index contributed by atoms with van der Waals surface area (Å²) in [4.78, 5) is 4.51. The number of sulfone groups is 1. The summed E-state index contributed by atoms with van der Waals surface area (Å²) in [6.07, 6.45) is 0.961. The van der Waals surface area contributed by atoms with Crippen LogP contribution >= 0.6 is 11.8 Å². The van der Waals surface area contributed by atoms with Gasteiger partial charge in [0.1, 0.15) is 0 Å². The Hall–Kier alpha value is -1.01. The number of nitrogens with one attached hydrogen (secondary N) is 1. The number of aliphatic imine (C=N–C) groups is 1. The predicted molar refractivity (Wildman–Crippen MR) is 80.7 cm³/mol. The molecule has 1 N–H and O–H groups in total. The zero-order valence-electron chi connectivity index (χ0n) is 10.7. The zero-order valence-corrected chi connectivity index (χ0v) is 12.3. The Morgan fingerprint density at radius 3 is 2.89 bits per heavy atom. The topological polar surface area (TPSA) is 58.5 Å². The Balaban J connectivity index is 1.76. The molecule has 1 aromatic carbocycles. The molecule has 4 nitrogen and oxygen atoms in total. The lowest BCUT2D eigenvalue weighted by Crippen LogP contribution is -2.13. The summed E-state index contributed by atoms with van der Waals surface area (Å²) >= 11 is 1.56.